The van der Waals surface area contributed by atoms with E-state index in [0.29, 0.717) is 6.42 Å². The molecule has 2 atom stereocenters. The molecule has 0 saturated heterocycles. The van der Waals surface area contributed by atoms with E-state index >= 15 is 0 Å². The van der Waals surface area contributed by atoms with E-state index in [1.54, 1.807) is 0 Å². The largest absolute Gasteiger partial charge is 0.508 e. The van der Waals surface area contributed by atoms with E-state index in [9.17, 15) is 29.7 Å². The first kappa shape index (κ1) is 27.3. The number of carbonyl (C=O) groups excluding carboxylic acids is 2. The van der Waals surface area contributed by atoms with Gasteiger partial charge in [-0.25, -0.2) is 4.79 Å². The molecule has 8 heteroatoms. The standard InChI is InChI=1S/C24H36O8/c1-16(31-17(2)25)11-9-7-5-4-6-8-10-12-21(32-18(3)26)14-19-13-20(27)15-22(28)23(19)24(29)30/h13,15-16,21,27-28H,4-12,14H2,1-3H3,(H,29,30)/t16-,21-/m1/s1. The topological polar surface area (TPSA) is 130 Å². The second-order valence-electron chi connectivity index (χ2n) is 8.21. The van der Waals surface area contributed by atoms with Crippen LogP contribution in [0, 0.1) is 0 Å². The molecular weight excluding hydrogens is 416 g/mol. The first-order valence-corrected chi connectivity index (χ1v) is 11.2. The van der Waals surface area contributed by atoms with Crippen LogP contribution in [-0.4, -0.2) is 45.4 Å². The highest BCUT2D eigenvalue weighted by Gasteiger charge is 2.21. The van der Waals surface area contributed by atoms with E-state index in [1.807, 2.05) is 6.92 Å². The van der Waals surface area contributed by atoms with Gasteiger partial charge >= 0.3 is 17.9 Å². The third-order valence-corrected chi connectivity index (χ3v) is 5.18. The van der Waals surface area contributed by atoms with Gasteiger partial charge in [0.25, 0.3) is 0 Å². The smallest absolute Gasteiger partial charge is 0.339 e. The van der Waals surface area contributed by atoms with E-state index in [-0.39, 0.29) is 35.4 Å². The maximum Gasteiger partial charge on any atom is 0.339 e. The second kappa shape index (κ2) is 14.3. The van der Waals surface area contributed by atoms with Gasteiger partial charge in [-0.15, -0.1) is 0 Å². The van der Waals surface area contributed by atoms with Gasteiger partial charge in [0.1, 0.15) is 23.2 Å². The predicted octanol–water partition coefficient (Wildman–Crippen LogP) is 4.73. The van der Waals surface area contributed by atoms with Crippen LogP contribution >= 0.6 is 0 Å². The van der Waals surface area contributed by atoms with Gasteiger partial charge in [0.2, 0.25) is 0 Å². The lowest BCUT2D eigenvalue weighted by Gasteiger charge is -2.19. The van der Waals surface area contributed by atoms with Gasteiger partial charge < -0.3 is 24.8 Å². The minimum absolute atomic E-state index is 0.0409. The number of esters is 2. The Labute approximate surface area is 189 Å². The summed E-state index contributed by atoms with van der Waals surface area (Å²) < 4.78 is 10.4. The van der Waals surface area contributed by atoms with Gasteiger partial charge in [-0.3, -0.25) is 9.59 Å². The maximum absolute atomic E-state index is 11.5. The number of rotatable bonds is 15. The lowest BCUT2D eigenvalue weighted by molar-refractivity contribution is -0.147. The molecule has 3 N–H and O–H groups in total. The fraction of sp³-hybridized carbons (Fsp3) is 0.625. The van der Waals surface area contributed by atoms with Crippen molar-refractivity contribution < 1.29 is 39.2 Å². The molecule has 0 radical (unpaired) electrons. The third kappa shape index (κ3) is 11.0. The van der Waals surface area contributed by atoms with Crippen molar-refractivity contribution in [1.82, 2.24) is 0 Å². The minimum Gasteiger partial charge on any atom is -0.508 e. The Hall–Kier alpha value is -2.77. The van der Waals surface area contributed by atoms with Gasteiger partial charge in [0.15, 0.2) is 0 Å². The molecule has 1 aromatic carbocycles. The van der Waals surface area contributed by atoms with Crippen molar-refractivity contribution in [3.05, 3.63) is 23.3 Å². The number of hydrogen-bond donors (Lipinski definition) is 3. The van der Waals surface area contributed by atoms with Crippen LogP contribution in [0.2, 0.25) is 0 Å². The number of unbranched alkanes of at least 4 members (excludes halogenated alkanes) is 6. The molecule has 0 unspecified atom stereocenters. The van der Waals surface area contributed by atoms with Crippen LogP contribution in [0.25, 0.3) is 0 Å². The summed E-state index contributed by atoms with van der Waals surface area (Å²) in [5, 5.41) is 29.0. The Bertz CT molecular complexity index is 759. The lowest BCUT2D eigenvalue weighted by atomic mass is 9.97. The van der Waals surface area contributed by atoms with E-state index in [0.717, 1.165) is 57.4 Å². The molecule has 0 aliphatic rings. The van der Waals surface area contributed by atoms with Gasteiger partial charge in [-0.1, -0.05) is 32.1 Å². The Morgan fingerprint density at radius 3 is 1.91 bits per heavy atom. The molecule has 32 heavy (non-hydrogen) atoms. The Kier molecular flexibility index (Phi) is 12.2. The fourth-order valence-electron chi connectivity index (χ4n) is 3.79. The summed E-state index contributed by atoms with van der Waals surface area (Å²) >= 11 is 0. The molecule has 1 aromatic rings. The molecule has 0 bridgehead atoms. The molecule has 1 rings (SSSR count). The normalized spacial score (nSPS) is 12.7. The molecule has 8 nitrogen and oxygen atoms in total. The molecule has 180 valence electrons. The van der Waals surface area contributed by atoms with Gasteiger partial charge in [-0.05, 0) is 44.2 Å². The second-order valence-corrected chi connectivity index (χ2v) is 8.21. The summed E-state index contributed by atoms with van der Waals surface area (Å²) in [5.74, 6) is -2.77. The first-order chi connectivity index (χ1) is 15.1. The highest BCUT2D eigenvalue weighted by Crippen LogP contribution is 2.29. The average Bonchev–Trinajstić information content (AvgIpc) is 2.64. The number of carboxylic acids is 1. The van der Waals surface area contributed by atoms with Crippen LogP contribution < -0.4 is 0 Å². The number of ether oxygens (including phenoxy) is 2. The third-order valence-electron chi connectivity index (χ3n) is 5.18. The van der Waals surface area contributed by atoms with Crippen LogP contribution in [0.4, 0.5) is 0 Å². The summed E-state index contributed by atoms with van der Waals surface area (Å²) in [6.45, 7) is 4.62. The summed E-state index contributed by atoms with van der Waals surface area (Å²) in [5.41, 5.74) is -0.0628. The molecular formula is C24H36O8. The zero-order valence-electron chi connectivity index (χ0n) is 19.3. The van der Waals surface area contributed by atoms with E-state index in [4.69, 9.17) is 9.47 Å². The summed E-state index contributed by atoms with van der Waals surface area (Å²) in [7, 11) is 0. The number of benzene rings is 1. The molecule has 0 saturated carbocycles. The van der Waals surface area contributed by atoms with Crippen LogP contribution in [0.5, 0.6) is 11.5 Å². The number of hydrogen-bond acceptors (Lipinski definition) is 7. The summed E-state index contributed by atoms with van der Waals surface area (Å²) in [4.78, 5) is 33.8. The van der Waals surface area contributed by atoms with Crippen molar-refractivity contribution in [3.8, 4) is 11.5 Å². The number of aromatic hydroxyl groups is 2. The maximum atomic E-state index is 11.5. The van der Waals surface area contributed by atoms with Crippen molar-refractivity contribution in [1.29, 1.82) is 0 Å². The number of aromatic carboxylic acids is 1. The van der Waals surface area contributed by atoms with Gasteiger partial charge in [0, 0.05) is 26.3 Å². The first-order valence-electron chi connectivity index (χ1n) is 11.2. The quantitative estimate of drug-likeness (QED) is 0.257. The van der Waals surface area contributed by atoms with Crippen molar-refractivity contribution in [2.45, 2.75) is 97.2 Å². The predicted molar refractivity (Wildman–Crippen MR) is 119 cm³/mol. The summed E-state index contributed by atoms with van der Waals surface area (Å²) in [6.07, 6.45) is 8.06. The molecule has 0 aliphatic carbocycles. The van der Waals surface area contributed by atoms with E-state index in [1.165, 1.54) is 19.9 Å². The zero-order chi connectivity index (χ0) is 24.1. The Morgan fingerprint density at radius 1 is 0.844 bits per heavy atom. The van der Waals surface area contributed by atoms with E-state index < -0.39 is 23.8 Å². The molecule has 0 heterocycles. The van der Waals surface area contributed by atoms with Crippen LogP contribution in [0.3, 0.4) is 0 Å². The summed E-state index contributed by atoms with van der Waals surface area (Å²) in [6, 6.07) is 2.26. The number of phenols is 2. The number of carboxylic acid groups (broad SMARTS) is 1. The Balaban J connectivity index is 2.41. The monoisotopic (exact) mass is 452 g/mol. The highest BCUT2D eigenvalue weighted by molar-refractivity contribution is 5.93. The average molecular weight is 453 g/mol. The molecule has 0 aliphatic heterocycles. The van der Waals surface area contributed by atoms with Crippen molar-refractivity contribution in [2.24, 2.45) is 0 Å². The van der Waals surface area contributed by atoms with Gasteiger partial charge in [-0.2, -0.15) is 0 Å². The zero-order valence-corrected chi connectivity index (χ0v) is 19.3. The fourth-order valence-corrected chi connectivity index (χ4v) is 3.79. The molecule has 0 amide bonds. The number of carbonyl (C=O) groups is 3. The van der Waals surface area contributed by atoms with Crippen LogP contribution in [0.1, 0.15) is 94.5 Å². The van der Waals surface area contributed by atoms with Crippen molar-refractivity contribution >= 4 is 17.9 Å². The number of phenolic OH excluding ortho intramolecular Hbond substituents is 1. The van der Waals surface area contributed by atoms with Gasteiger partial charge in [0.05, 0.1) is 6.10 Å². The van der Waals surface area contributed by atoms with Crippen LogP contribution in [-0.2, 0) is 25.5 Å². The molecule has 0 fully saturated rings. The van der Waals surface area contributed by atoms with Crippen molar-refractivity contribution in [2.75, 3.05) is 0 Å². The van der Waals surface area contributed by atoms with Crippen molar-refractivity contribution in [3.63, 3.8) is 0 Å². The molecule has 0 aromatic heterocycles. The molecule has 0 spiro atoms. The minimum atomic E-state index is -1.30. The highest BCUT2D eigenvalue weighted by atomic mass is 16.5. The van der Waals surface area contributed by atoms with E-state index in [2.05, 4.69) is 0 Å². The SMILES string of the molecule is CC(=O)O[C@H](CCCCCCCCC[C@@H](C)OC(C)=O)Cc1cc(O)cc(O)c1C(=O)O. The Morgan fingerprint density at radius 2 is 1.38 bits per heavy atom. The lowest BCUT2D eigenvalue weighted by Crippen LogP contribution is -2.20. The van der Waals surface area contributed by atoms with Crippen LogP contribution in [0.15, 0.2) is 12.1 Å².